The molecule has 1 aliphatic carbocycles. The molecule has 3 aliphatic rings. The van der Waals surface area contributed by atoms with E-state index >= 15 is 0 Å². The largest absolute Gasteiger partial charge is 0.388 e. The van der Waals surface area contributed by atoms with E-state index in [1.807, 2.05) is 43.1 Å². The molecular formula is C18H21N3O2S. The van der Waals surface area contributed by atoms with Crippen LogP contribution in [0.1, 0.15) is 20.3 Å². The van der Waals surface area contributed by atoms with Gasteiger partial charge in [-0.1, -0.05) is 12.2 Å². The number of rotatable bonds is 1. The molecule has 1 atom stereocenters. The van der Waals surface area contributed by atoms with Gasteiger partial charge in [-0.2, -0.15) is 4.99 Å². The summed E-state index contributed by atoms with van der Waals surface area (Å²) in [5.74, 6) is 0.675. The fourth-order valence-electron chi connectivity index (χ4n) is 3.00. The minimum absolute atomic E-state index is 0.203. The molecule has 0 bridgehead atoms. The lowest BCUT2D eigenvalue weighted by Gasteiger charge is -2.21. The van der Waals surface area contributed by atoms with Gasteiger partial charge < -0.3 is 10.0 Å². The van der Waals surface area contributed by atoms with E-state index in [9.17, 15) is 9.90 Å². The summed E-state index contributed by atoms with van der Waals surface area (Å²) >= 11 is 1.14. The third-order valence-electron chi connectivity index (χ3n) is 4.27. The molecule has 0 radical (unpaired) electrons. The molecule has 0 aromatic carbocycles. The Kier molecular flexibility index (Phi) is 4.60. The summed E-state index contributed by atoms with van der Waals surface area (Å²) in [7, 11) is 1.77. The molecule has 24 heavy (non-hydrogen) atoms. The molecule has 1 fully saturated rings. The number of hydrogen-bond donors (Lipinski definition) is 1. The van der Waals surface area contributed by atoms with Crippen LogP contribution in [0.15, 0.2) is 56.4 Å². The number of carbonyl (C=O) groups excluding carboxylic acids is 1. The zero-order valence-corrected chi connectivity index (χ0v) is 14.9. The second kappa shape index (κ2) is 6.53. The van der Waals surface area contributed by atoms with Gasteiger partial charge in [0.15, 0.2) is 0 Å². The maximum atomic E-state index is 11.8. The monoisotopic (exact) mass is 343 g/mol. The SMILES string of the molecule is C/C=C1C=C(/C=C2\SC(=O)N=C2N2CCC(C)(O)C2)C=CC/1=NC. The average molecular weight is 343 g/mol. The lowest BCUT2D eigenvalue weighted by Crippen LogP contribution is -2.33. The number of nitrogens with zero attached hydrogens (tertiary/aromatic N) is 3. The van der Waals surface area contributed by atoms with E-state index in [0.717, 1.165) is 33.5 Å². The maximum Gasteiger partial charge on any atom is 0.311 e. The number of thioether (sulfide) groups is 1. The molecular weight excluding hydrogens is 322 g/mol. The van der Waals surface area contributed by atoms with Crippen LogP contribution in [-0.2, 0) is 0 Å². The number of hydrogen-bond acceptors (Lipinski definition) is 5. The Morgan fingerprint density at radius 1 is 1.46 bits per heavy atom. The van der Waals surface area contributed by atoms with Crippen molar-refractivity contribution in [2.75, 3.05) is 20.1 Å². The van der Waals surface area contributed by atoms with Gasteiger partial charge in [-0.05, 0) is 61.4 Å². The van der Waals surface area contributed by atoms with Crippen LogP contribution in [0.4, 0.5) is 4.79 Å². The van der Waals surface area contributed by atoms with E-state index < -0.39 is 5.60 Å². The van der Waals surface area contributed by atoms with Crippen molar-refractivity contribution in [3.8, 4) is 0 Å². The third kappa shape index (κ3) is 3.44. The molecule has 1 amide bonds. The van der Waals surface area contributed by atoms with Gasteiger partial charge in [0.05, 0.1) is 16.2 Å². The number of aliphatic hydroxyl groups is 1. The molecule has 6 heteroatoms. The predicted molar refractivity (Wildman–Crippen MR) is 99.7 cm³/mol. The number of β-amino-alcohol motifs (C(OH)–C–C–N with tert-alkyl or cyclic N) is 1. The molecule has 2 heterocycles. The minimum atomic E-state index is -0.724. The summed E-state index contributed by atoms with van der Waals surface area (Å²) < 4.78 is 0. The second-order valence-electron chi connectivity index (χ2n) is 6.31. The highest BCUT2D eigenvalue weighted by Crippen LogP contribution is 2.33. The molecule has 0 saturated carbocycles. The highest BCUT2D eigenvalue weighted by atomic mass is 32.2. The number of carbonyl (C=O) groups is 1. The van der Waals surface area contributed by atoms with Gasteiger partial charge in [-0.15, -0.1) is 0 Å². The Bertz CT molecular complexity index is 754. The molecule has 2 aliphatic heterocycles. The quantitative estimate of drug-likeness (QED) is 0.794. The summed E-state index contributed by atoms with van der Waals surface area (Å²) in [6.45, 7) is 5.00. The van der Waals surface area contributed by atoms with Crippen LogP contribution in [0, 0.1) is 0 Å². The van der Waals surface area contributed by atoms with Gasteiger partial charge in [0, 0.05) is 20.1 Å². The van der Waals surface area contributed by atoms with Crippen molar-refractivity contribution in [2.24, 2.45) is 9.98 Å². The van der Waals surface area contributed by atoms with E-state index in [2.05, 4.69) is 16.1 Å². The van der Waals surface area contributed by atoms with Crippen LogP contribution in [0.25, 0.3) is 0 Å². The first-order valence-electron chi connectivity index (χ1n) is 7.95. The van der Waals surface area contributed by atoms with Crippen LogP contribution < -0.4 is 0 Å². The molecule has 3 rings (SSSR count). The number of allylic oxidation sites excluding steroid dienone is 7. The minimum Gasteiger partial charge on any atom is -0.388 e. The predicted octanol–water partition coefficient (Wildman–Crippen LogP) is 3.11. The smallest absolute Gasteiger partial charge is 0.311 e. The molecule has 5 nitrogen and oxygen atoms in total. The zero-order chi connectivity index (χ0) is 17.3. The Balaban J connectivity index is 1.87. The van der Waals surface area contributed by atoms with E-state index in [-0.39, 0.29) is 5.24 Å². The lowest BCUT2D eigenvalue weighted by atomic mass is 9.99. The lowest BCUT2D eigenvalue weighted by molar-refractivity contribution is 0.0755. The Morgan fingerprint density at radius 2 is 2.25 bits per heavy atom. The van der Waals surface area contributed by atoms with Crippen molar-refractivity contribution in [1.29, 1.82) is 0 Å². The second-order valence-corrected chi connectivity index (χ2v) is 7.30. The number of likely N-dealkylation sites (tertiary alicyclic amines) is 1. The molecule has 126 valence electrons. The summed E-state index contributed by atoms with van der Waals surface area (Å²) in [6.07, 6.45) is 10.7. The van der Waals surface area contributed by atoms with Crippen molar-refractivity contribution in [1.82, 2.24) is 4.90 Å². The highest BCUT2D eigenvalue weighted by molar-refractivity contribution is 8.18. The van der Waals surface area contributed by atoms with Crippen LogP contribution in [0.5, 0.6) is 0 Å². The molecule has 1 saturated heterocycles. The van der Waals surface area contributed by atoms with Gasteiger partial charge in [0.2, 0.25) is 0 Å². The van der Waals surface area contributed by atoms with E-state index in [4.69, 9.17) is 0 Å². The van der Waals surface area contributed by atoms with Crippen molar-refractivity contribution < 1.29 is 9.90 Å². The van der Waals surface area contributed by atoms with Gasteiger partial charge in [-0.3, -0.25) is 9.79 Å². The first-order chi connectivity index (χ1) is 11.4. The van der Waals surface area contributed by atoms with E-state index in [0.29, 0.717) is 25.3 Å². The summed E-state index contributed by atoms with van der Waals surface area (Å²) in [4.78, 5) is 23.0. The van der Waals surface area contributed by atoms with Crippen molar-refractivity contribution in [3.05, 3.63) is 46.4 Å². The normalized spacial score (nSPS) is 32.2. The summed E-state index contributed by atoms with van der Waals surface area (Å²) in [5, 5.41) is 9.97. The Morgan fingerprint density at radius 3 is 2.88 bits per heavy atom. The first-order valence-corrected chi connectivity index (χ1v) is 8.77. The van der Waals surface area contributed by atoms with Crippen LogP contribution in [-0.4, -0.2) is 52.5 Å². The maximum absolute atomic E-state index is 11.8. The average Bonchev–Trinajstić information content (AvgIpc) is 3.09. The zero-order valence-electron chi connectivity index (χ0n) is 14.1. The van der Waals surface area contributed by atoms with E-state index in [1.54, 1.807) is 7.05 Å². The standard InChI is InChI=1S/C18H21N3O2S/c1-4-13-9-12(5-6-14(13)19-3)10-15-16(20-17(22)24-15)21-8-7-18(2,23)11-21/h4-6,9-10,23H,7-8,11H2,1-3H3/b13-4-,15-10-,19-14?. The van der Waals surface area contributed by atoms with Gasteiger partial charge in [-0.25, -0.2) is 0 Å². The van der Waals surface area contributed by atoms with Crippen LogP contribution >= 0.6 is 11.8 Å². The number of aliphatic imine (C=N–C) groups is 2. The fraction of sp³-hybridized carbons (Fsp3) is 0.389. The van der Waals surface area contributed by atoms with Crippen molar-refractivity contribution >= 4 is 28.5 Å². The van der Waals surface area contributed by atoms with Gasteiger partial charge >= 0.3 is 5.24 Å². The van der Waals surface area contributed by atoms with Crippen LogP contribution in [0.2, 0.25) is 0 Å². The topological polar surface area (TPSA) is 65.3 Å². The number of amidine groups is 1. The van der Waals surface area contributed by atoms with E-state index in [1.165, 1.54) is 0 Å². The fourth-order valence-corrected chi connectivity index (χ4v) is 3.78. The molecule has 1 N–H and O–H groups in total. The number of amides is 1. The summed E-state index contributed by atoms with van der Waals surface area (Å²) in [5.41, 5.74) is 2.29. The highest BCUT2D eigenvalue weighted by Gasteiger charge is 2.36. The Labute approximate surface area is 146 Å². The van der Waals surface area contributed by atoms with Gasteiger partial charge in [0.1, 0.15) is 5.84 Å². The molecule has 0 aromatic heterocycles. The molecule has 1 unspecified atom stereocenters. The summed E-state index contributed by atoms with van der Waals surface area (Å²) in [6, 6.07) is 0. The third-order valence-corrected chi connectivity index (χ3v) is 5.05. The molecule has 0 spiro atoms. The van der Waals surface area contributed by atoms with Crippen molar-refractivity contribution in [2.45, 2.75) is 25.9 Å². The van der Waals surface area contributed by atoms with Gasteiger partial charge in [0.25, 0.3) is 0 Å². The Hall–Kier alpha value is -1.92. The van der Waals surface area contributed by atoms with Crippen molar-refractivity contribution in [3.63, 3.8) is 0 Å². The van der Waals surface area contributed by atoms with Crippen LogP contribution in [0.3, 0.4) is 0 Å². The molecule has 0 aromatic rings. The first kappa shape index (κ1) is 16.9.